The molecule has 2 N–H and O–H groups in total. The van der Waals surface area contributed by atoms with Crippen molar-refractivity contribution in [2.75, 3.05) is 0 Å². The summed E-state index contributed by atoms with van der Waals surface area (Å²) in [7, 11) is 0. The Morgan fingerprint density at radius 3 is 2.72 bits per heavy atom. The van der Waals surface area contributed by atoms with Gasteiger partial charge in [-0.25, -0.2) is 4.68 Å². The van der Waals surface area contributed by atoms with E-state index >= 15 is 0 Å². The van der Waals surface area contributed by atoms with Crippen LogP contribution in [0.4, 0.5) is 0 Å². The summed E-state index contributed by atoms with van der Waals surface area (Å²) in [6, 6.07) is 6.83. The van der Waals surface area contributed by atoms with Gasteiger partial charge in [0.15, 0.2) is 5.82 Å². The number of benzene rings is 1. The molecule has 4 rings (SSSR count). The Balaban J connectivity index is 1.48. The Labute approximate surface area is 173 Å². The number of aromatic nitrogens is 6. The molecule has 148 valence electrons. The van der Waals surface area contributed by atoms with Crippen molar-refractivity contribution < 1.29 is 9.63 Å². The molecule has 29 heavy (non-hydrogen) atoms. The van der Waals surface area contributed by atoms with Gasteiger partial charge in [0.1, 0.15) is 11.6 Å². The fraction of sp³-hybridized carbons (Fsp3) is 0.167. The highest BCUT2D eigenvalue weighted by Crippen LogP contribution is 2.23. The highest BCUT2D eigenvalue weighted by Gasteiger charge is 2.17. The molecule has 3 aromatic heterocycles. The molecule has 0 aliphatic rings. The lowest BCUT2D eigenvalue weighted by molar-refractivity contribution is 0.174. The second-order valence-electron chi connectivity index (χ2n) is 6.20. The van der Waals surface area contributed by atoms with Crippen LogP contribution >= 0.6 is 23.2 Å². The number of hydrogen-bond acceptors (Lipinski definition) is 7. The van der Waals surface area contributed by atoms with Crippen LogP contribution in [0.2, 0.25) is 10.0 Å². The topological polar surface area (TPSA) is 123 Å². The van der Waals surface area contributed by atoms with Crippen molar-refractivity contribution in [3.8, 4) is 11.1 Å². The Morgan fingerprint density at radius 2 is 2.00 bits per heavy atom. The summed E-state index contributed by atoms with van der Waals surface area (Å²) < 4.78 is 6.29. The quantitative estimate of drug-likeness (QED) is 0.479. The molecule has 1 atom stereocenters. The van der Waals surface area contributed by atoms with E-state index in [0.29, 0.717) is 27.5 Å². The average Bonchev–Trinajstić information content (AvgIpc) is 3.38. The Morgan fingerprint density at radius 1 is 1.21 bits per heavy atom. The minimum absolute atomic E-state index is 0.0132. The molecular weight excluding hydrogens is 419 g/mol. The highest BCUT2D eigenvalue weighted by atomic mass is 35.5. The van der Waals surface area contributed by atoms with E-state index in [1.54, 1.807) is 36.7 Å². The van der Waals surface area contributed by atoms with Gasteiger partial charge in [-0.3, -0.25) is 9.89 Å². The normalized spacial score (nSPS) is 12.2. The molecule has 0 bridgehead atoms. The number of aliphatic hydroxyl groups is 1. The van der Waals surface area contributed by atoms with Gasteiger partial charge in [0.25, 0.3) is 5.56 Å². The maximum absolute atomic E-state index is 12.5. The fourth-order valence-corrected chi connectivity index (χ4v) is 3.10. The number of nitrogens with one attached hydrogen (secondary N) is 1. The lowest BCUT2D eigenvalue weighted by Crippen LogP contribution is -2.24. The molecule has 0 aliphatic carbocycles. The Bertz CT molecular complexity index is 1170. The highest BCUT2D eigenvalue weighted by molar-refractivity contribution is 6.33. The van der Waals surface area contributed by atoms with Crippen molar-refractivity contribution in [1.82, 2.24) is 30.1 Å². The molecule has 0 spiro atoms. The molecular formula is C18H14Cl2N6O3. The third-order valence-electron chi connectivity index (χ3n) is 4.22. The lowest BCUT2D eigenvalue weighted by atomic mass is 10.1. The van der Waals surface area contributed by atoms with Crippen LogP contribution in [-0.2, 0) is 13.0 Å². The van der Waals surface area contributed by atoms with Gasteiger partial charge >= 0.3 is 0 Å². The molecule has 0 fully saturated rings. The first-order chi connectivity index (χ1) is 14.0. The van der Waals surface area contributed by atoms with Crippen LogP contribution in [0, 0.1) is 0 Å². The number of rotatable bonds is 6. The molecule has 11 heteroatoms. The molecule has 0 aliphatic heterocycles. The van der Waals surface area contributed by atoms with Crippen molar-refractivity contribution >= 4 is 23.2 Å². The van der Waals surface area contributed by atoms with Crippen LogP contribution in [0.3, 0.4) is 0 Å². The standard InChI is InChI=1S/C18H14Cl2N6O3/c19-12-3-1-10(2-4-12)14(27)5-15-24-16(29-25-15)9-26-18(28)17(20)13(8-23-26)11-6-21-22-7-11/h1-4,6-8,14,27H,5,9H2,(H,21,22)/t14-/m0/s1. The van der Waals surface area contributed by atoms with E-state index in [9.17, 15) is 9.90 Å². The fourth-order valence-electron chi connectivity index (χ4n) is 2.72. The van der Waals surface area contributed by atoms with Crippen LogP contribution in [0.15, 0.2) is 52.2 Å². The van der Waals surface area contributed by atoms with Gasteiger partial charge in [-0.15, -0.1) is 0 Å². The zero-order valence-corrected chi connectivity index (χ0v) is 16.3. The van der Waals surface area contributed by atoms with E-state index in [1.165, 1.54) is 6.20 Å². The van der Waals surface area contributed by atoms with Gasteiger partial charge in [0.05, 0.1) is 18.5 Å². The molecule has 0 amide bonds. The largest absolute Gasteiger partial charge is 0.388 e. The van der Waals surface area contributed by atoms with E-state index in [4.69, 9.17) is 27.7 Å². The van der Waals surface area contributed by atoms with Crippen LogP contribution < -0.4 is 5.56 Å². The summed E-state index contributed by atoms with van der Waals surface area (Å²) in [6.45, 7) is -0.0474. The van der Waals surface area contributed by atoms with E-state index in [-0.39, 0.29) is 23.9 Å². The van der Waals surface area contributed by atoms with Gasteiger partial charge in [0, 0.05) is 28.8 Å². The molecule has 0 saturated carbocycles. The van der Waals surface area contributed by atoms with Gasteiger partial charge in [-0.1, -0.05) is 40.5 Å². The number of aromatic amines is 1. The number of hydrogen-bond donors (Lipinski definition) is 2. The van der Waals surface area contributed by atoms with Crippen LogP contribution in [0.25, 0.3) is 11.1 Å². The van der Waals surface area contributed by atoms with Gasteiger partial charge in [-0.05, 0) is 17.7 Å². The Hall–Kier alpha value is -3.01. The van der Waals surface area contributed by atoms with Gasteiger partial charge < -0.3 is 9.63 Å². The minimum Gasteiger partial charge on any atom is -0.388 e. The molecule has 0 radical (unpaired) electrons. The second kappa shape index (κ2) is 8.16. The summed E-state index contributed by atoms with van der Waals surface area (Å²) >= 11 is 12.0. The number of nitrogens with zero attached hydrogens (tertiary/aromatic N) is 5. The van der Waals surface area contributed by atoms with E-state index in [2.05, 4.69) is 25.4 Å². The summed E-state index contributed by atoms with van der Waals surface area (Å²) in [6.07, 6.45) is 3.96. The first-order valence-electron chi connectivity index (χ1n) is 8.51. The SMILES string of the molecule is O=c1c(Cl)c(-c2cn[nH]c2)cnn1Cc1nc(C[C@H](O)c2ccc(Cl)cc2)no1. The number of halogens is 2. The zero-order chi connectivity index (χ0) is 20.4. The molecule has 9 nitrogen and oxygen atoms in total. The van der Waals surface area contributed by atoms with Crippen LogP contribution in [-0.4, -0.2) is 35.2 Å². The molecule has 0 saturated heterocycles. The van der Waals surface area contributed by atoms with Crippen molar-refractivity contribution in [1.29, 1.82) is 0 Å². The molecule has 3 heterocycles. The maximum Gasteiger partial charge on any atom is 0.286 e. The summed E-state index contributed by atoms with van der Waals surface area (Å²) in [5.41, 5.74) is 1.31. The summed E-state index contributed by atoms with van der Waals surface area (Å²) in [5.74, 6) is 0.474. The van der Waals surface area contributed by atoms with Crippen molar-refractivity contribution in [3.05, 3.63) is 80.5 Å². The van der Waals surface area contributed by atoms with Gasteiger partial charge in [0.2, 0.25) is 5.89 Å². The summed E-state index contributed by atoms with van der Waals surface area (Å²) in [4.78, 5) is 16.7. The second-order valence-corrected chi connectivity index (χ2v) is 7.01. The zero-order valence-electron chi connectivity index (χ0n) is 14.8. The Kier molecular flexibility index (Phi) is 5.43. The number of H-pyrrole nitrogens is 1. The minimum atomic E-state index is -0.817. The molecule has 4 aromatic rings. The average molecular weight is 433 g/mol. The monoisotopic (exact) mass is 432 g/mol. The van der Waals surface area contributed by atoms with E-state index in [0.717, 1.165) is 4.68 Å². The predicted molar refractivity (Wildman–Crippen MR) is 105 cm³/mol. The number of aliphatic hydroxyl groups excluding tert-OH is 1. The first kappa shape index (κ1) is 19.3. The van der Waals surface area contributed by atoms with Crippen molar-refractivity contribution in [3.63, 3.8) is 0 Å². The molecule has 1 aromatic carbocycles. The van der Waals surface area contributed by atoms with E-state index < -0.39 is 11.7 Å². The third-order valence-corrected chi connectivity index (χ3v) is 4.84. The van der Waals surface area contributed by atoms with Crippen LogP contribution in [0.1, 0.15) is 23.4 Å². The van der Waals surface area contributed by atoms with Crippen molar-refractivity contribution in [2.45, 2.75) is 19.1 Å². The maximum atomic E-state index is 12.5. The van der Waals surface area contributed by atoms with Crippen LogP contribution in [0.5, 0.6) is 0 Å². The van der Waals surface area contributed by atoms with Gasteiger partial charge in [-0.2, -0.15) is 15.2 Å². The summed E-state index contributed by atoms with van der Waals surface area (Å²) in [5, 5.41) is 25.3. The lowest BCUT2D eigenvalue weighted by Gasteiger charge is -2.08. The van der Waals surface area contributed by atoms with Crippen molar-refractivity contribution in [2.24, 2.45) is 0 Å². The predicted octanol–water partition coefficient (Wildman–Crippen LogP) is 2.65. The first-order valence-corrected chi connectivity index (χ1v) is 9.26. The molecule has 0 unspecified atom stereocenters. The van der Waals surface area contributed by atoms with E-state index in [1.807, 2.05) is 0 Å². The smallest absolute Gasteiger partial charge is 0.286 e. The third kappa shape index (κ3) is 4.21.